The molecule has 0 aromatic heterocycles. The molecule has 30 heavy (non-hydrogen) atoms. The first-order valence-electron chi connectivity index (χ1n) is 10.7. The molecule has 0 saturated heterocycles. The number of aliphatic imine (C=N–C) groups is 1. The standard InChI is InChI=1S/C24H28N4O2/c1-16-9-8-12-18(15-16)25-24(30)28-22-23(29)26-20-14-7-6-13-19(20)21(27-22)17-10-4-2-3-5-11-17/h6-9,12-15,17,22H,2-5,10-11H2,1H3,(H,26,29)(H2,25,28,30)/t22-/m0/s1. The summed E-state index contributed by atoms with van der Waals surface area (Å²) in [6.07, 6.45) is 5.96. The number of hydrogen-bond acceptors (Lipinski definition) is 3. The summed E-state index contributed by atoms with van der Waals surface area (Å²) >= 11 is 0. The molecular formula is C24H28N4O2. The Morgan fingerprint density at radius 1 is 1.03 bits per heavy atom. The molecule has 2 aromatic rings. The van der Waals surface area contributed by atoms with Gasteiger partial charge in [0.25, 0.3) is 5.91 Å². The fraction of sp³-hybridized carbons (Fsp3) is 0.375. The van der Waals surface area contributed by atoms with Crippen molar-refractivity contribution in [1.29, 1.82) is 0 Å². The van der Waals surface area contributed by atoms with Crippen LogP contribution in [-0.2, 0) is 4.79 Å². The second kappa shape index (κ2) is 9.11. The highest BCUT2D eigenvalue weighted by atomic mass is 16.2. The Hall–Kier alpha value is -3.15. The molecule has 0 unspecified atom stereocenters. The van der Waals surface area contributed by atoms with Gasteiger partial charge in [-0.05, 0) is 43.5 Å². The molecule has 1 atom stereocenters. The van der Waals surface area contributed by atoms with Crippen molar-refractivity contribution in [2.24, 2.45) is 10.9 Å². The van der Waals surface area contributed by atoms with Crippen LogP contribution in [-0.4, -0.2) is 23.8 Å². The minimum Gasteiger partial charge on any atom is -0.322 e. The molecule has 1 fully saturated rings. The van der Waals surface area contributed by atoms with E-state index in [1.807, 2.05) is 55.5 Å². The van der Waals surface area contributed by atoms with Crippen molar-refractivity contribution in [1.82, 2.24) is 5.32 Å². The third-order valence-corrected chi connectivity index (χ3v) is 5.76. The van der Waals surface area contributed by atoms with Gasteiger partial charge in [0.2, 0.25) is 6.17 Å². The summed E-state index contributed by atoms with van der Waals surface area (Å²) in [5, 5.41) is 8.48. The second-order valence-electron chi connectivity index (χ2n) is 8.11. The number of benzodiazepines with no additional fused rings is 1. The molecular weight excluding hydrogens is 376 g/mol. The van der Waals surface area contributed by atoms with E-state index in [4.69, 9.17) is 4.99 Å². The van der Waals surface area contributed by atoms with Crippen LogP contribution in [0.4, 0.5) is 16.2 Å². The van der Waals surface area contributed by atoms with E-state index < -0.39 is 12.2 Å². The zero-order valence-electron chi connectivity index (χ0n) is 17.3. The average molecular weight is 405 g/mol. The van der Waals surface area contributed by atoms with Gasteiger partial charge in [-0.2, -0.15) is 0 Å². The number of rotatable bonds is 3. The zero-order valence-corrected chi connectivity index (χ0v) is 17.3. The SMILES string of the molecule is Cc1cccc(NC(=O)N[C@@H]2N=C(C3CCCCCC3)c3ccccc3NC2=O)c1. The lowest BCUT2D eigenvalue weighted by atomic mass is 9.89. The highest BCUT2D eigenvalue weighted by Gasteiger charge is 2.30. The number of urea groups is 1. The zero-order chi connectivity index (χ0) is 20.9. The predicted octanol–water partition coefficient (Wildman–Crippen LogP) is 4.85. The van der Waals surface area contributed by atoms with Crippen molar-refractivity contribution in [2.75, 3.05) is 10.6 Å². The number of anilines is 2. The van der Waals surface area contributed by atoms with E-state index in [0.717, 1.165) is 35.4 Å². The summed E-state index contributed by atoms with van der Waals surface area (Å²) in [6.45, 7) is 1.96. The number of hydrogen-bond donors (Lipinski definition) is 3. The normalized spacial score (nSPS) is 19.6. The molecule has 0 radical (unpaired) electrons. The van der Waals surface area contributed by atoms with Crippen LogP contribution in [0.25, 0.3) is 0 Å². The van der Waals surface area contributed by atoms with E-state index in [-0.39, 0.29) is 5.91 Å². The molecule has 6 heteroatoms. The van der Waals surface area contributed by atoms with E-state index in [0.29, 0.717) is 11.6 Å². The van der Waals surface area contributed by atoms with Crippen molar-refractivity contribution >= 4 is 29.0 Å². The van der Waals surface area contributed by atoms with Crippen molar-refractivity contribution in [3.05, 3.63) is 59.7 Å². The van der Waals surface area contributed by atoms with Crippen LogP contribution in [0, 0.1) is 12.8 Å². The molecule has 156 valence electrons. The Morgan fingerprint density at radius 3 is 2.57 bits per heavy atom. The highest BCUT2D eigenvalue weighted by molar-refractivity contribution is 6.13. The van der Waals surface area contributed by atoms with Crippen molar-refractivity contribution in [3.8, 4) is 0 Å². The maximum absolute atomic E-state index is 12.9. The van der Waals surface area contributed by atoms with E-state index in [1.54, 1.807) is 0 Å². The summed E-state index contributed by atoms with van der Waals surface area (Å²) in [6, 6.07) is 14.9. The fourth-order valence-corrected chi connectivity index (χ4v) is 4.27. The molecule has 0 bridgehead atoms. The largest absolute Gasteiger partial charge is 0.322 e. The van der Waals surface area contributed by atoms with Gasteiger partial charge >= 0.3 is 6.03 Å². The van der Waals surface area contributed by atoms with Crippen LogP contribution < -0.4 is 16.0 Å². The Morgan fingerprint density at radius 2 is 1.80 bits per heavy atom. The summed E-state index contributed by atoms with van der Waals surface area (Å²) in [5.74, 6) is -0.0315. The van der Waals surface area contributed by atoms with E-state index in [2.05, 4.69) is 16.0 Å². The lowest BCUT2D eigenvalue weighted by Crippen LogP contribution is -2.44. The van der Waals surface area contributed by atoms with Gasteiger partial charge in [0.15, 0.2) is 0 Å². The lowest BCUT2D eigenvalue weighted by molar-refractivity contribution is -0.117. The number of fused-ring (bicyclic) bond motifs is 1. The third kappa shape index (κ3) is 4.70. The summed E-state index contributed by atoms with van der Waals surface area (Å²) in [4.78, 5) is 30.2. The monoisotopic (exact) mass is 404 g/mol. The van der Waals surface area contributed by atoms with Crippen LogP contribution in [0.1, 0.15) is 49.7 Å². The minimum atomic E-state index is -0.972. The maximum Gasteiger partial charge on any atom is 0.321 e. The van der Waals surface area contributed by atoms with Gasteiger partial charge in [-0.15, -0.1) is 0 Å². The van der Waals surface area contributed by atoms with Gasteiger partial charge in [0.05, 0.1) is 5.71 Å². The molecule has 1 aliphatic heterocycles. The van der Waals surface area contributed by atoms with E-state index >= 15 is 0 Å². The molecule has 1 heterocycles. The first-order valence-corrected chi connectivity index (χ1v) is 10.7. The van der Waals surface area contributed by atoms with Crippen molar-refractivity contribution in [2.45, 2.75) is 51.6 Å². The number of carbonyl (C=O) groups is 2. The number of amides is 3. The van der Waals surface area contributed by atoms with Gasteiger partial charge < -0.3 is 16.0 Å². The Bertz CT molecular complexity index is 961. The maximum atomic E-state index is 12.9. The lowest BCUT2D eigenvalue weighted by Gasteiger charge is -2.19. The summed E-state index contributed by atoms with van der Waals surface area (Å²) in [7, 11) is 0. The topological polar surface area (TPSA) is 82.6 Å². The first kappa shape index (κ1) is 20.1. The molecule has 3 N–H and O–H groups in total. The second-order valence-corrected chi connectivity index (χ2v) is 8.11. The average Bonchev–Trinajstić information content (AvgIpc) is 3.07. The van der Waals surface area contributed by atoms with Crippen LogP contribution >= 0.6 is 0 Å². The fourth-order valence-electron chi connectivity index (χ4n) is 4.27. The number of carbonyl (C=O) groups excluding carboxylic acids is 2. The molecule has 4 rings (SSSR count). The van der Waals surface area contributed by atoms with Gasteiger partial charge in [-0.3, -0.25) is 9.79 Å². The molecule has 1 aliphatic carbocycles. The Labute approximate surface area is 177 Å². The molecule has 6 nitrogen and oxygen atoms in total. The molecule has 1 saturated carbocycles. The van der Waals surface area contributed by atoms with E-state index in [9.17, 15) is 9.59 Å². The number of nitrogens with one attached hydrogen (secondary N) is 3. The quantitative estimate of drug-likeness (QED) is 0.639. The van der Waals surface area contributed by atoms with Gasteiger partial charge in [-0.1, -0.05) is 56.0 Å². The van der Waals surface area contributed by atoms with Gasteiger partial charge in [0, 0.05) is 22.9 Å². The third-order valence-electron chi connectivity index (χ3n) is 5.76. The molecule has 3 amide bonds. The smallest absolute Gasteiger partial charge is 0.321 e. The van der Waals surface area contributed by atoms with Crippen LogP contribution in [0.5, 0.6) is 0 Å². The highest BCUT2D eigenvalue weighted by Crippen LogP contribution is 2.31. The molecule has 2 aliphatic rings. The summed E-state index contributed by atoms with van der Waals surface area (Å²) < 4.78 is 0. The predicted molar refractivity (Wildman–Crippen MR) is 120 cm³/mol. The van der Waals surface area contributed by atoms with Crippen LogP contribution in [0.3, 0.4) is 0 Å². The minimum absolute atomic E-state index is 0.297. The van der Waals surface area contributed by atoms with E-state index in [1.165, 1.54) is 25.7 Å². The van der Waals surface area contributed by atoms with Crippen molar-refractivity contribution < 1.29 is 9.59 Å². The van der Waals surface area contributed by atoms with Crippen LogP contribution in [0.2, 0.25) is 0 Å². The number of para-hydroxylation sites is 1. The molecule has 2 aromatic carbocycles. The first-order chi connectivity index (χ1) is 14.6. The Kier molecular flexibility index (Phi) is 6.12. The number of nitrogens with zero attached hydrogens (tertiary/aromatic N) is 1. The van der Waals surface area contributed by atoms with Crippen LogP contribution in [0.15, 0.2) is 53.5 Å². The van der Waals surface area contributed by atoms with Crippen molar-refractivity contribution in [3.63, 3.8) is 0 Å². The Balaban J connectivity index is 1.59. The number of benzene rings is 2. The number of aryl methyl sites for hydroxylation is 1. The van der Waals surface area contributed by atoms with Gasteiger partial charge in [-0.25, -0.2) is 4.79 Å². The summed E-state index contributed by atoms with van der Waals surface area (Å²) in [5.41, 5.74) is 4.36. The molecule has 0 spiro atoms. The van der Waals surface area contributed by atoms with Gasteiger partial charge in [0.1, 0.15) is 0 Å².